The summed E-state index contributed by atoms with van der Waals surface area (Å²) in [5, 5.41) is 9.19. The molecule has 0 aliphatic carbocycles. The van der Waals surface area contributed by atoms with Crippen molar-refractivity contribution in [3.05, 3.63) is 117 Å². The number of hydrogen-bond acceptors (Lipinski definition) is 5. The SMILES string of the molecule is Cc1ccc(-c2nn(-c3ccccc3)cc2C=c2sc3nc(-c4ccc(F)cc4)nn3c2=O)cc1. The molecule has 0 amide bonds. The van der Waals surface area contributed by atoms with Crippen molar-refractivity contribution in [2.45, 2.75) is 6.92 Å². The average Bonchev–Trinajstić information content (AvgIpc) is 3.56. The summed E-state index contributed by atoms with van der Waals surface area (Å²) < 4.78 is 16.9. The van der Waals surface area contributed by atoms with Crippen LogP contribution in [0.15, 0.2) is 89.9 Å². The molecule has 6 nitrogen and oxygen atoms in total. The Morgan fingerprint density at radius 1 is 0.886 bits per heavy atom. The van der Waals surface area contributed by atoms with Gasteiger partial charge in [0, 0.05) is 22.9 Å². The smallest absolute Gasteiger partial charge is 0.266 e. The number of para-hydroxylation sites is 1. The maximum Gasteiger partial charge on any atom is 0.291 e. The zero-order chi connectivity index (χ0) is 23.9. The molecule has 0 unspecified atom stereocenters. The van der Waals surface area contributed by atoms with E-state index in [1.54, 1.807) is 12.1 Å². The molecule has 8 heteroatoms. The molecule has 170 valence electrons. The van der Waals surface area contributed by atoms with Gasteiger partial charge < -0.3 is 0 Å². The molecule has 0 saturated heterocycles. The fraction of sp³-hybridized carbons (Fsp3) is 0.0370. The molecule has 3 heterocycles. The first-order chi connectivity index (χ1) is 17.0. The van der Waals surface area contributed by atoms with Crippen molar-refractivity contribution in [2.75, 3.05) is 0 Å². The van der Waals surface area contributed by atoms with Crippen LogP contribution in [0.3, 0.4) is 0 Å². The van der Waals surface area contributed by atoms with Crippen LogP contribution in [0, 0.1) is 12.7 Å². The molecule has 0 aliphatic heterocycles. The zero-order valence-electron chi connectivity index (χ0n) is 18.6. The van der Waals surface area contributed by atoms with Crippen molar-refractivity contribution in [2.24, 2.45) is 0 Å². The van der Waals surface area contributed by atoms with Crippen LogP contribution in [-0.4, -0.2) is 24.4 Å². The molecule has 0 saturated carbocycles. The Labute approximate surface area is 203 Å². The number of halogens is 1. The van der Waals surface area contributed by atoms with Crippen molar-refractivity contribution >= 4 is 22.4 Å². The van der Waals surface area contributed by atoms with Crippen molar-refractivity contribution in [3.63, 3.8) is 0 Å². The number of hydrogen-bond donors (Lipinski definition) is 0. The molecule has 0 aliphatic rings. The third-order valence-electron chi connectivity index (χ3n) is 5.66. The molecule has 0 fully saturated rings. The van der Waals surface area contributed by atoms with E-state index in [-0.39, 0.29) is 11.4 Å². The third-order valence-corrected chi connectivity index (χ3v) is 6.62. The minimum absolute atomic E-state index is 0.256. The number of aryl methyl sites for hydroxylation is 1. The summed E-state index contributed by atoms with van der Waals surface area (Å²) in [6.45, 7) is 2.04. The van der Waals surface area contributed by atoms with Crippen LogP contribution >= 0.6 is 11.3 Å². The third kappa shape index (κ3) is 3.94. The Morgan fingerprint density at radius 2 is 1.60 bits per heavy atom. The Morgan fingerprint density at radius 3 is 2.31 bits per heavy atom. The van der Waals surface area contributed by atoms with E-state index in [4.69, 9.17) is 5.10 Å². The highest BCUT2D eigenvalue weighted by Crippen LogP contribution is 2.25. The van der Waals surface area contributed by atoms with E-state index in [0.29, 0.717) is 20.9 Å². The Balaban J connectivity index is 1.48. The van der Waals surface area contributed by atoms with Crippen molar-refractivity contribution < 1.29 is 4.39 Å². The lowest BCUT2D eigenvalue weighted by molar-refractivity contribution is 0.628. The van der Waals surface area contributed by atoms with Crippen molar-refractivity contribution in [3.8, 4) is 28.3 Å². The van der Waals surface area contributed by atoms with Gasteiger partial charge in [-0.05, 0) is 49.4 Å². The number of thiazole rings is 1. The fourth-order valence-corrected chi connectivity index (χ4v) is 4.74. The number of nitrogens with zero attached hydrogens (tertiary/aromatic N) is 5. The second-order valence-electron chi connectivity index (χ2n) is 8.13. The summed E-state index contributed by atoms with van der Waals surface area (Å²) in [7, 11) is 0. The van der Waals surface area contributed by atoms with Gasteiger partial charge in [-0.25, -0.2) is 9.07 Å². The first-order valence-electron chi connectivity index (χ1n) is 10.9. The van der Waals surface area contributed by atoms with Crippen LogP contribution < -0.4 is 10.1 Å². The zero-order valence-corrected chi connectivity index (χ0v) is 19.4. The molecule has 0 atom stereocenters. The number of fused-ring (bicyclic) bond motifs is 1. The van der Waals surface area contributed by atoms with E-state index in [1.165, 1.54) is 28.0 Å². The first-order valence-corrected chi connectivity index (χ1v) is 11.8. The first kappa shape index (κ1) is 21.1. The van der Waals surface area contributed by atoms with Crippen LogP contribution in [0.2, 0.25) is 0 Å². The normalized spacial score (nSPS) is 12.0. The van der Waals surface area contributed by atoms with Gasteiger partial charge in [0.05, 0.1) is 15.9 Å². The van der Waals surface area contributed by atoms with E-state index < -0.39 is 0 Å². The largest absolute Gasteiger partial charge is 0.291 e. The second kappa shape index (κ2) is 8.41. The van der Waals surface area contributed by atoms with Gasteiger partial charge in [-0.3, -0.25) is 4.79 Å². The Hall–Kier alpha value is -4.43. The minimum Gasteiger partial charge on any atom is -0.266 e. The monoisotopic (exact) mass is 479 g/mol. The number of aromatic nitrogens is 5. The summed E-state index contributed by atoms with van der Waals surface area (Å²) in [4.78, 5) is 18.1. The summed E-state index contributed by atoms with van der Waals surface area (Å²) in [6, 6.07) is 23.9. The molecule has 0 spiro atoms. The highest BCUT2D eigenvalue weighted by molar-refractivity contribution is 7.15. The van der Waals surface area contributed by atoms with Gasteiger partial charge in [0.15, 0.2) is 5.82 Å². The number of rotatable bonds is 4. The molecule has 3 aromatic heterocycles. The minimum atomic E-state index is -0.336. The molecule has 0 radical (unpaired) electrons. The average molecular weight is 480 g/mol. The van der Waals surface area contributed by atoms with E-state index in [2.05, 4.69) is 10.1 Å². The molecule has 6 rings (SSSR count). The fourth-order valence-electron chi connectivity index (χ4n) is 3.84. The van der Waals surface area contributed by atoms with Gasteiger partial charge in [0.25, 0.3) is 5.56 Å². The summed E-state index contributed by atoms with van der Waals surface area (Å²) in [6.07, 6.45) is 3.76. The van der Waals surface area contributed by atoms with Crippen molar-refractivity contribution in [1.29, 1.82) is 0 Å². The van der Waals surface area contributed by atoms with Gasteiger partial charge in [0.1, 0.15) is 5.82 Å². The molecule has 0 bridgehead atoms. The van der Waals surface area contributed by atoms with E-state index in [9.17, 15) is 9.18 Å². The highest BCUT2D eigenvalue weighted by atomic mass is 32.1. The Bertz CT molecular complexity index is 1770. The maximum atomic E-state index is 13.3. The molecule has 3 aromatic carbocycles. The highest BCUT2D eigenvalue weighted by Gasteiger charge is 2.15. The molecular formula is C27H18FN5OS. The van der Waals surface area contributed by atoms with Crippen LogP contribution in [0.4, 0.5) is 4.39 Å². The molecular weight excluding hydrogens is 461 g/mol. The van der Waals surface area contributed by atoms with Crippen LogP contribution in [0.5, 0.6) is 0 Å². The van der Waals surface area contributed by atoms with Crippen molar-refractivity contribution in [1.82, 2.24) is 24.4 Å². The van der Waals surface area contributed by atoms with Gasteiger partial charge in [-0.1, -0.05) is 59.4 Å². The van der Waals surface area contributed by atoms with Crippen LogP contribution in [0.1, 0.15) is 11.1 Å². The predicted octanol–water partition coefficient (Wildman–Crippen LogP) is 4.67. The molecule has 6 aromatic rings. The quantitative estimate of drug-likeness (QED) is 0.369. The number of benzene rings is 3. The van der Waals surface area contributed by atoms with Gasteiger partial charge in [0.2, 0.25) is 4.96 Å². The lowest BCUT2D eigenvalue weighted by Crippen LogP contribution is -2.23. The summed E-state index contributed by atoms with van der Waals surface area (Å²) in [5.41, 5.74) is 5.03. The predicted molar refractivity (Wildman–Crippen MR) is 135 cm³/mol. The van der Waals surface area contributed by atoms with E-state index in [1.807, 2.05) is 78.5 Å². The lowest BCUT2D eigenvalue weighted by atomic mass is 10.1. The molecule has 35 heavy (non-hydrogen) atoms. The standard InChI is InChI=1S/C27H18FN5OS/c1-17-7-9-18(10-8-17)24-20(16-32(30-24)22-5-3-2-4-6-22)15-23-26(34)33-27(35-23)29-25(31-33)19-11-13-21(28)14-12-19/h2-16H,1H3. The lowest BCUT2D eigenvalue weighted by Gasteiger charge is -2.01. The van der Waals surface area contributed by atoms with Crippen LogP contribution in [-0.2, 0) is 0 Å². The van der Waals surface area contributed by atoms with Gasteiger partial charge in [-0.2, -0.15) is 14.6 Å². The molecule has 0 N–H and O–H groups in total. The summed E-state index contributed by atoms with van der Waals surface area (Å²) in [5.74, 6) is 0.0498. The van der Waals surface area contributed by atoms with Gasteiger partial charge >= 0.3 is 0 Å². The van der Waals surface area contributed by atoms with E-state index in [0.717, 1.165) is 28.1 Å². The van der Waals surface area contributed by atoms with Crippen LogP contribution in [0.25, 0.3) is 39.4 Å². The second-order valence-corrected chi connectivity index (χ2v) is 9.14. The summed E-state index contributed by atoms with van der Waals surface area (Å²) >= 11 is 1.26. The van der Waals surface area contributed by atoms with E-state index >= 15 is 0 Å². The van der Waals surface area contributed by atoms with Gasteiger partial charge in [-0.15, -0.1) is 5.10 Å². The topological polar surface area (TPSA) is 65.1 Å². The maximum absolute atomic E-state index is 13.3. The Kier molecular flexibility index (Phi) is 5.08.